The lowest BCUT2D eigenvalue weighted by Gasteiger charge is -2.16. The normalized spacial score (nSPS) is 11.7. The summed E-state index contributed by atoms with van der Waals surface area (Å²) in [5.41, 5.74) is 1.81. The van der Waals surface area contributed by atoms with Crippen molar-refractivity contribution in [3.8, 4) is 11.8 Å². The van der Waals surface area contributed by atoms with Crippen LogP contribution in [0.5, 0.6) is 5.75 Å². The second kappa shape index (κ2) is 6.87. The van der Waals surface area contributed by atoms with Crippen molar-refractivity contribution in [2.45, 2.75) is 19.6 Å². The average Bonchev–Trinajstić information content (AvgIpc) is 2.53. The molecule has 0 saturated heterocycles. The third-order valence-corrected chi connectivity index (χ3v) is 3.38. The maximum Gasteiger partial charge on any atom is 0.129 e. The molecular formula is C17H17FN2O. The number of ether oxygens (including phenoxy) is 1. The summed E-state index contributed by atoms with van der Waals surface area (Å²) in [7, 11) is 1.87. The molecule has 0 aliphatic rings. The first-order chi connectivity index (χ1) is 10.2. The van der Waals surface area contributed by atoms with Crippen molar-refractivity contribution in [3.63, 3.8) is 0 Å². The number of nitrogens with zero attached hydrogens (tertiary/aromatic N) is 1. The summed E-state index contributed by atoms with van der Waals surface area (Å²) in [6.45, 7) is 2.12. The van der Waals surface area contributed by atoms with E-state index in [1.807, 2.05) is 44.3 Å². The Morgan fingerprint density at radius 1 is 1.29 bits per heavy atom. The number of nitrogens with one attached hydrogen (secondary N) is 1. The first kappa shape index (κ1) is 15.0. The zero-order valence-corrected chi connectivity index (χ0v) is 12.1. The molecule has 0 aliphatic carbocycles. The van der Waals surface area contributed by atoms with Crippen LogP contribution in [-0.2, 0) is 6.61 Å². The molecule has 0 aliphatic heterocycles. The van der Waals surface area contributed by atoms with E-state index >= 15 is 0 Å². The fourth-order valence-corrected chi connectivity index (χ4v) is 2.04. The van der Waals surface area contributed by atoms with Gasteiger partial charge in [-0.2, -0.15) is 5.26 Å². The predicted octanol–water partition coefficient (Wildman–Crippen LogP) is 3.56. The highest BCUT2D eigenvalue weighted by Gasteiger charge is 2.11. The van der Waals surface area contributed by atoms with Crippen LogP contribution in [0.4, 0.5) is 4.39 Å². The number of halogens is 1. The molecule has 1 N–H and O–H groups in total. The second-order valence-corrected chi connectivity index (χ2v) is 4.75. The van der Waals surface area contributed by atoms with Crippen LogP contribution in [0.2, 0.25) is 0 Å². The lowest BCUT2D eigenvalue weighted by molar-refractivity contribution is 0.294. The van der Waals surface area contributed by atoms with Gasteiger partial charge in [-0.25, -0.2) is 4.39 Å². The van der Waals surface area contributed by atoms with E-state index in [9.17, 15) is 4.39 Å². The molecular weight excluding hydrogens is 267 g/mol. The van der Waals surface area contributed by atoms with Gasteiger partial charge in [-0.1, -0.05) is 18.2 Å². The molecule has 0 aromatic heterocycles. The average molecular weight is 284 g/mol. The Balaban J connectivity index is 2.19. The molecule has 1 unspecified atom stereocenters. The zero-order chi connectivity index (χ0) is 15.2. The molecule has 0 amide bonds. The van der Waals surface area contributed by atoms with E-state index in [1.54, 1.807) is 0 Å². The Morgan fingerprint density at radius 2 is 2.05 bits per heavy atom. The van der Waals surface area contributed by atoms with E-state index in [0.717, 1.165) is 5.56 Å². The summed E-state index contributed by atoms with van der Waals surface area (Å²) in [6, 6.07) is 14.0. The van der Waals surface area contributed by atoms with Gasteiger partial charge < -0.3 is 10.1 Å². The standard InChI is InChI=1S/C17H17FN2O/c1-12(20-2)15-5-3-4-6-17(15)21-11-14-9-13(10-19)7-8-16(14)18/h3-9,12,20H,11H2,1-2H3. The Labute approximate surface area is 124 Å². The fourth-order valence-electron chi connectivity index (χ4n) is 2.04. The van der Waals surface area contributed by atoms with E-state index < -0.39 is 0 Å². The van der Waals surface area contributed by atoms with Crippen LogP contribution >= 0.6 is 0 Å². The maximum absolute atomic E-state index is 13.7. The van der Waals surface area contributed by atoms with Gasteiger partial charge >= 0.3 is 0 Å². The minimum Gasteiger partial charge on any atom is -0.488 e. The highest BCUT2D eigenvalue weighted by atomic mass is 19.1. The summed E-state index contributed by atoms with van der Waals surface area (Å²) in [5.74, 6) is 0.342. The molecule has 4 heteroatoms. The molecule has 0 radical (unpaired) electrons. The largest absolute Gasteiger partial charge is 0.488 e. The van der Waals surface area contributed by atoms with Crippen LogP contribution in [0.3, 0.4) is 0 Å². The van der Waals surface area contributed by atoms with Gasteiger partial charge in [0.1, 0.15) is 18.2 Å². The highest BCUT2D eigenvalue weighted by Crippen LogP contribution is 2.25. The molecule has 21 heavy (non-hydrogen) atoms. The van der Waals surface area contributed by atoms with Gasteiger partial charge in [0.2, 0.25) is 0 Å². The lowest BCUT2D eigenvalue weighted by atomic mass is 10.1. The van der Waals surface area contributed by atoms with Crippen LogP contribution in [0.15, 0.2) is 42.5 Å². The summed E-state index contributed by atoms with van der Waals surface area (Å²) in [5, 5.41) is 12.0. The summed E-state index contributed by atoms with van der Waals surface area (Å²) < 4.78 is 19.5. The number of rotatable bonds is 5. The Kier molecular flexibility index (Phi) is 4.91. The van der Waals surface area contributed by atoms with Crippen molar-refractivity contribution in [1.29, 1.82) is 5.26 Å². The molecule has 108 valence electrons. The van der Waals surface area contributed by atoms with E-state index in [4.69, 9.17) is 10.00 Å². The quantitative estimate of drug-likeness (QED) is 0.913. The lowest BCUT2D eigenvalue weighted by Crippen LogP contribution is -2.13. The minimum atomic E-state index is -0.367. The van der Waals surface area contributed by atoms with Crippen LogP contribution in [0, 0.1) is 17.1 Å². The van der Waals surface area contributed by atoms with Crippen LogP contribution in [0.1, 0.15) is 29.7 Å². The second-order valence-electron chi connectivity index (χ2n) is 4.75. The monoisotopic (exact) mass is 284 g/mol. The summed E-state index contributed by atoms with van der Waals surface area (Å²) in [6.07, 6.45) is 0. The maximum atomic E-state index is 13.7. The smallest absolute Gasteiger partial charge is 0.129 e. The SMILES string of the molecule is CNC(C)c1ccccc1OCc1cc(C#N)ccc1F. The predicted molar refractivity (Wildman–Crippen MR) is 79.4 cm³/mol. The molecule has 0 saturated carbocycles. The van der Waals surface area contributed by atoms with Crippen molar-refractivity contribution in [2.24, 2.45) is 0 Å². The van der Waals surface area contributed by atoms with Crippen LogP contribution < -0.4 is 10.1 Å². The number of para-hydroxylation sites is 1. The minimum absolute atomic E-state index is 0.0921. The van der Waals surface area contributed by atoms with Crippen molar-refractivity contribution >= 4 is 0 Å². The van der Waals surface area contributed by atoms with Gasteiger partial charge in [0.25, 0.3) is 0 Å². The molecule has 2 aromatic rings. The van der Waals surface area contributed by atoms with Gasteiger partial charge in [0.15, 0.2) is 0 Å². The first-order valence-corrected chi connectivity index (χ1v) is 6.73. The van der Waals surface area contributed by atoms with E-state index in [0.29, 0.717) is 16.9 Å². The fraction of sp³-hybridized carbons (Fsp3) is 0.235. The molecule has 1 atom stereocenters. The molecule has 2 aromatic carbocycles. The van der Waals surface area contributed by atoms with Crippen molar-refractivity contribution in [2.75, 3.05) is 7.05 Å². The topological polar surface area (TPSA) is 45.0 Å². The van der Waals surface area contributed by atoms with Gasteiger partial charge in [-0.15, -0.1) is 0 Å². The summed E-state index contributed by atoms with van der Waals surface area (Å²) in [4.78, 5) is 0. The van der Waals surface area contributed by atoms with Gasteiger partial charge in [0, 0.05) is 17.2 Å². The molecule has 3 nitrogen and oxygen atoms in total. The van der Waals surface area contributed by atoms with Gasteiger partial charge in [-0.05, 0) is 38.2 Å². The molecule has 0 fully saturated rings. The van der Waals surface area contributed by atoms with Crippen molar-refractivity contribution in [3.05, 3.63) is 65.0 Å². The molecule has 2 rings (SSSR count). The number of nitriles is 1. The number of hydrogen-bond acceptors (Lipinski definition) is 3. The van der Waals surface area contributed by atoms with E-state index in [-0.39, 0.29) is 18.5 Å². The third kappa shape index (κ3) is 3.59. The molecule has 0 bridgehead atoms. The van der Waals surface area contributed by atoms with E-state index in [1.165, 1.54) is 18.2 Å². The van der Waals surface area contributed by atoms with Crippen molar-refractivity contribution < 1.29 is 9.13 Å². The number of hydrogen-bond donors (Lipinski definition) is 1. The van der Waals surface area contributed by atoms with Crippen LogP contribution in [-0.4, -0.2) is 7.05 Å². The third-order valence-electron chi connectivity index (χ3n) is 3.38. The van der Waals surface area contributed by atoms with Crippen molar-refractivity contribution in [1.82, 2.24) is 5.32 Å². The zero-order valence-electron chi connectivity index (χ0n) is 12.1. The Morgan fingerprint density at radius 3 is 2.76 bits per heavy atom. The Bertz CT molecular complexity index is 664. The summed E-state index contributed by atoms with van der Waals surface area (Å²) >= 11 is 0. The van der Waals surface area contributed by atoms with Gasteiger partial charge in [-0.3, -0.25) is 0 Å². The van der Waals surface area contributed by atoms with Gasteiger partial charge in [0.05, 0.1) is 11.6 Å². The molecule has 0 heterocycles. The van der Waals surface area contributed by atoms with E-state index in [2.05, 4.69) is 5.32 Å². The Hall–Kier alpha value is -2.38. The highest BCUT2D eigenvalue weighted by molar-refractivity contribution is 5.37. The number of benzene rings is 2. The first-order valence-electron chi connectivity index (χ1n) is 6.73. The van der Waals surface area contributed by atoms with Crippen LogP contribution in [0.25, 0.3) is 0 Å². The molecule has 0 spiro atoms.